The van der Waals surface area contributed by atoms with E-state index in [1.165, 1.54) is 49.7 Å². The predicted octanol–water partition coefficient (Wildman–Crippen LogP) is 8.88. The number of para-hydroxylation sites is 3. The molecule has 0 saturated heterocycles. The van der Waals surface area contributed by atoms with Gasteiger partial charge in [0, 0.05) is 20.8 Å². The van der Waals surface area contributed by atoms with Crippen LogP contribution in [0.1, 0.15) is 0 Å². The van der Waals surface area contributed by atoms with Crippen LogP contribution < -0.4 is 0 Å². The second-order valence-electron chi connectivity index (χ2n) is 7.97. The third kappa shape index (κ3) is 3.16. The molecule has 0 atom stereocenters. The molecule has 0 aliphatic carbocycles. The van der Waals surface area contributed by atoms with Crippen LogP contribution in [0.5, 0.6) is 0 Å². The number of fused-ring (bicyclic) bond motifs is 3. The highest BCUT2D eigenvalue weighted by Gasteiger charge is 2.14. The fraction of sp³-hybridized carbons (Fsp3) is 0. The molecule has 0 aliphatic rings. The van der Waals surface area contributed by atoms with Crippen LogP contribution in [0, 0.1) is 0 Å². The lowest BCUT2D eigenvalue weighted by Gasteiger charge is -2.14. The number of aromatic nitrogens is 1. The SMILES string of the molecule is Brc1ccc(-c2ccc(-c3ccccc3-n3c4ccccc4c4ccccc43)cc2)cc1. The van der Waals surface area contributed by atoms with Crippen LogP contribution >= 0.6 is 15.9 Å². The molecule has 0 spiro atoms. The number of halogens is 1. The number of rotatable bonds is 3. The molecule has 0 bridgehead atoms. The summed E-state index contributed by atoms with van der Waals surface area (Å²) in [5, 5.41) is 2.56. The number of hydrogen-bond donors (Lipinski definition) is 0. The molecule has 5 aromatic carbocycles. The first-order valence-electron chi connectivity index (χ1n) is 10.7. The van der Waals surface area contributed by atoms with Crippen LogP contribution in [0.25, 0.3) is 49.7 Å². The highest BCUT2D eigenvalue weighted by molar-refractivity contribution is 9.10. The van der Waals surface area contributed by atoms with Gasteiger partial charge in [-0.05, 0) is 47.0 Å². The molecule has 0 unspecified atom stereocenters. The summed E-state index contributed by atoms with van der Waals surface area (Å²) in [6.45, 7) is 0. The van der Waals surface area contributed by atoms with Crippen molar-refractivity contribution in [3.63, 3.8) is 0 Å². The molecule has 1 aromatic heterocycles. The molecule has 6 rings (SSSR count). The van der Waals surface area contributed by atoms with Crippen molar-refractivity contribution in [2.75, 3.05) is 0 Å². The van der Waals surface area contributed by atoms with Gasteiger partial charge in [-0.1, -0.05) is 107 Å². The summed E-state index contributed by atoms with van der Waals surface area (Å²) >= 11 is 3.52. The first-order chi connectivity index (χ1) is 15.8. The Bertz CT molecular complexity index is 1500. The minimum atomic E-state index is 1.10. The Labute approximate surface area is 195 Å². The van der Waals surface area contributed by atoms with Crippen LogP contribution in [-0.4, -0.2) is 4.57 Å². The third-order valence-corrected chi connectivity index (χ3v) is 6.63. The predicted molar refractivity (Wildman–Crippen MR) is 139 cm³/mol. The molecule has 0 radical (unpaired) electrons. The average Bonchev–Trinajstić information content (AvgIpc) is 3.19. The first-order valence-corrected chi connectivity index (χ1v) is 11.5. The quantitative estimate of drug-likeness (QED) is 0.241. The summed E-state index contributed by atoms with van der Waals surface area (Å²) in [6.07, 6.45) is 0. The van der Waals surface area contributed by atoms with Crippen molar-refractivity contribution in [2.24, 2.45) is 0 Å². The van der Waals surface area contributed by atoms with Crippen molar-refractivity contribution < 1.29 is 0 Å². The monoisotopic (exact) mass is 473 g/mol. The van der Waals surface area contributed by atoms with E-state index in [0.29, 0.717) is 0 Å². The van der Waals surface area contributed by atoms with E-state index in [9.17, 15) is 0 Å². The molecule has 0 aliphatic heterocycles. The normalized spacial score (nSPS) is 11.3. The van der Waals surface area contributed by atoms with Gasteiger partial charge in [0.2, 0.25) is 0 Å². The maximum atomic E-state index is 3.52. The molecule has 0 amide bonds. The molecule has 2 heteroatoms. The van der Waals surface area contributed by atoms with E-state index in [2.05, 4.69) is 142 Å². The van der Waals surface area contributed by atoms with Crippen LogP contribution in [0.15, 0.2) is 126 Å². The molecular formula is C30H20BrN. The maximum absolute atomic E-state index is 3.52. The van der Waals surface area contributed by atoms with E-state index in [1.54, 1.807) is 0 Å². The van der Waals surface area contributed by atoms with Gasteiger partial charge in [0.1, 0.15) is 0 Å². The molecular weight excluding hydrogens is 454 g/mol. The Balaban J connectivity index is 1.53. The lowest BCUT2D eigenvalue weighted by Crippen LogP contribution is -1.96. The Morgan fingerprint density at radius 3 is 1.53 bits per heavy atom. The van der Waals surface area contributed by atoms with Crippen molar-refractivity contribution in [3.05, 3.63) is 126 Å². The molecule has 6 aromatic rings. The fourth-order valence-electron chi connectivity index (χ4n) is 4.58. The van der Waals surface area contributed by atoms with E-state index >= 15 is 0 Å². The van der Waals surface area contributed by atoms with Gasteiger partial charge in [-0.25, -0.2) is 0 Å². The minimum absolute atomic E-state index is 1.10. The highest BCUT2D eigenvalue weighted by atomic mass is 79.9. The first kappa shape index (κ1) is 19.1. The summed E-state index contributed by atoms with van der Waals surface area (Å²) in [6, 6.07) is 43.3. The Morgan fingerprint density at radius 2 is 0.906 bits per heavy atom. The van der Waals surface area contributed by atoms with Crippen molar-refractivity contribution >= 4 is 37.7 Å². The zero-order chi connectivity index (χ0) is 21.5. The van der Waals surface area contributed by atoms with Gasteiger partial charge in [-0.2, -0.15) is 0 Å². The largest absolute Gasteiger partial charge is 0.309 e. The summed E-state index contributed by atoms with van der Waals surface area (Å²) < 4.78 is 3.49. The van der Waals surface area contributed by atoms with E-state index < -0.39 is 0 Å². The molecule has 152 valence electrons. The van der Waals surface area contributed by atoms with Gasteiger partial charge in [0.05, 0.1) is 16.7 Å². The molecule has 0 fully saturated rings. The summed E-state index contributed by atoms with van der Waals surface area (Å²) in [5.41, 5.74) is 8.53. The molecule has 1 nitrogen and oxygen atoms in total. The Morgan fingerprint density at radius 1 is 0.438 bits per heavy atom. The topological polar surface area (TPSA) is 4.93 Å². The molecule has 1 heterocycles. The second kappa shape index (κ2) is 7.81. The smallest absolute Gasteiger partial charge is 0.0541 e. The van der Waals surface area contributed by atoms with Crippen LogP contribution in [0.2, 0.25) is 0 Å². The number of benzene rings is 5. The molecule has 0 N–H and O–H groups in total. The van der Waals surface area contributed by atoms with Crippen molar-refractivity contribution in [1.29, 1.82) is 0 Å². The number of hydrogen-bond acceptors (Lipinski definition) is 0. The van der Waals surface area contributed by atoms with Gasteiger partial charge in [-0.3, -0.25) is 0 Å². The Hall–Kier alpha value is -3.62. The van der Waals surface area contributed by atoms with Crippen LogP contribution in [0.3, 0.4) is 0 Å². The van der Waals surface area contributed by atoms with Crippen molar-refractivity contribution in [3.8, 4) is 27.9 Å². The van der Waals surface area contributed by atoms with E-state index in [1.807, 2.05) is 0 Å². The van der Waals surface area contributed by atoms with E-state index in [4.69, 9.17) is 0 Å². The van der Waals surface area contributed by atoms with Gasteiger partial charge in [0.15, 0.2) is 0 Å². The lowest BCUT2D eigenvalue weighted by molar-refractivity contribution is 1.18. The van der Waals surface area contributed by atoms with Crippen molar-refractivity contribution in [2.45, 2.75) is 0 Å². The Kier molecular flexibility index (Phi) is 4.66. The third-order valence-electron chi connectivity index (χ3n) is 6.10. The minimum Gasteiger partial charge on any atom is -0.309 e. The standard InChI is InChI=1S/C30H20BrN/c31-24-19-17-22(18-20-24)21-13-15-23(16-14-21)25-7-1-4-10-28(25)32-29-11-5-2-8-26(29)27-9-3-6-12-30(27)32/h1-20H. The summed E-state index contributed by atoms with van der Waals surface area (Å²) in [5.74, 6) is 0. The van der Waals surface area contributed by atoms with Gasteiger partial charge in [0.25, 0.3) is 0 Å². The van der Waals surface area contributed by atoms with Crippen molar-refractivity contribution in [1.82, 2.24) is 4.57 Å². The van der Waals surface area contributed by atoms with Gasteiger partial charge >= 0.3 is 0 Å². The zero-order valence-corrected chi connectivity index (χ0v) is 19.0. The average molecular weight is 474 g/mol. The number of nitrogens with zero attached hydrogens (tertiary/aromatic N) is 1. The fourth-order valence-corrected chi connectivity index (χ4v) is 4.84. The van der Waals surface area contributed by atoms with Gasteiger partial charge < -0.3 is 4.57 Å². The van der Waals surface area contributed by atoms with Crippen LogP contribution in [-0.2, 0) is 0 Å². The van der Waals surface area contributed by atoms with Crippen LogP contribution in [0.4, 0.5) is 0 Å². The highest BCUT2D eigenvalue weighted by Crippen LogP contribution is 2.36. The van der Waals surface area contributed by atoms with E-state index in [-0.39, 0.29) is 0 Å². The lowest BCUT2D eigenvalue weighted by atomic mass is 9.99. The molecule has 32 heavy (non-hydrogen) atoms. The zero-order valence-electron chi connectivity index (χ0n) is 17.4. The summed E-state index contributed by atoms with van der Waals surface area (Å²) in [7, 11) is 0. The van der Waals surface area contributed by atoms with E-state index in [0.717, 1.165) is 4.47 Å². The summed E-state index contributed by atoms with van der Waals surface area (Å²) in [4.78, 5) is 0. The maximum Gasteiger partial charge on any atom is 0.0541 e. The second-order valence-corrected chi connectivity index (χ2v) is 8.89. The molecule has 0 saturated carbocycles. The van der Waals surface area contributed by atoms with Gasteiger partial charge in [-0.15, -0.1) is 0 Å².